The van der Waals surface area contributed by atoms with Gasteiger partial charge in [0.05, 0.1) is 0 Å². The minimum atomic E-state index is 0.279. The minimum absolute atomic E-state index is 0.279. The zero-order chi connectivity index (χ0) is 17.3. The molecule has 0 unspecified atom stereocenters. The second-order valence-electron chi connectivity index (χ2n) is 8.51. The summed E-state index contributed by atoms with van der Waals surface area (Å²) in [5.41, 5.74) is 2.10. The summed E-state index contributed by atoms with van der Waals surface area (Å²) in [7, 11) is 2.16. The molecule has 1 heterocycles. The van der Waals surface area contributed by atoms with E-state index >= 15 is 0 Å². The van der Waals surface area contributed by atoms with Gasteiger partial charge in [-0.2, -0.15) is 0 Å². The number of benzene rings is 1. The van der Waals surface area contributed by atoms with Crippen LogP contribution in [0.5, 0.6) is 0 Å². The zero-order valence-electron chi connectivity index (χ0n) is 15.8. The van der Waals surface area contributed by atoms with Crippen LogP contribution in [0, 0.1) is 5.41 Å². The van der Waals surface area contributed by atoms with Crippen LogP contribution in [0.4, 0.5) is 0 Å². The van der Waals surface area contributed by atoms with Crippen LogP contribution in [0.25, 0.3) is 11.4 Å². The lowest BCUT2D eigenvalue weighted by Crippen LogP contribution is -2.45. The Bertz CT molecular complexity index is 692. The van der Waals surface area contributed by atoms with Gasteiger partial charge in [0.25, 0.3) is 0 Å². The number of rotatable bonds is 6. The lowest BCUT2D eigenvalue weighted by molar-refractivity contribution is 0.0250. The molecule has 1 aromatic carbocycles. The van der Waals surface area contributed by atoms with E-state index in [1.54, 1.807) is 0 Å². The Kier molecular flexibility index (Phi) is 4.43. The molecule has 0 atom stereocenters. The molecule has 2 bridgehead atoms. The van der Waals surface area contributed by atoms with Gasteiger partial charge in [-0.1, -0.05) is 56.5 Å². The number of hydrogen-bond donors (Lipinski definition) is 0. The predicted octanol–water partition coefficient (Wildman–Crippen LogP) is 5.65. The molecule has 3 nitrogen and oxygen atoms in total. The van der Waals surface area contributed by atoms with E-state index in [2.05, 4.69) is 54.0 Å². The molecule has 1 aromatic heterocycles. The Morgan fingerprint density at radius 1 is 0.920 bits per heavy atom. The molecule has 0 N–H and O–H groups in total. The molecule has 25 heavy (non-hydrogen) atoms. The summed E-state index contributed by atoms with van der Waals surface area (Å²) in [6.45, 7) is 2.31. The van der Waals surface area contributed by atoms with E-state index in [4.69, 9.17) is 5.10 Å². The molecule has 5 rings (SSSR count). The highest BCUT2D eigenvalue weighted by Gasteiger charge is 2.51. The molecule has 0 saturated heterocycles. The van der Waals surface area contributed by atoms with Crippen molar-refractivity contribution in [1.29, 1.82) is 0 Å². The monoisotopic (exact) mass is 337 g/mol. The first kappa shape index (κ1) is 16.8. The van der Waals surface area contributed by atoms with E-state index in [1.165, 1.54) is 75.6 Å². The highest BCUT2D eigenvalue weighted by molar-refractivity contribution is 5.55. The zero-order valence-corrected chi connectivity index (χ0v) is 15.8. The van der Waals surface area contributed by atoms with Crippen LogP contribution in [0.1, 0.15) is 77.0 Å². The third kappa shape index (κ3) is 2.92. The molecule has 2 aromatic rings. The van der Waals surface area contributed by atoms with Crippen molar-refractivity contribution in [2.45, 2.75) is 76.5 Å². The number of fused-ring (bicyclic) bond motifs is 3. The first-order chi connectivity index (χ1) is 12.2. The van der Waals surface area contributed by atoms with E-state index in [9.17, 15) is 0 Å². The molecule has 0 amide bonds. The van der Waals surface area contributed by atoms with Crippen molar-refractivity contribution in [2.75, 3.05) is 0 Å². The van der Waals surface area contributed by atoms with Crippen molar-refractivity contribution < 1.29 is 0 Å². The molecular formula is C22H31N3. The third-order valence-corrected chi connectivity index (χ3v) is 7.09. The maximum atomic E-state index is 4.69. The summed E-state index contributed by atoms with van der Waals surface area (Å²) in [4.78, 5) is 0. The van der Waals surface area contributed by atoms with Crippen molar-refractivity contribution in [3.8, 4) is 11.4 Å². The van der Waals surface area contributed by atoms with Gasteiger partial charge in [0.1, 0.15) is 5.82 Å². The van der Waals surface area contributed by atoms with Crippen LogP contribution in [0.3, 0.4) is 0 Å². The summed E-state index contributed by atoms with van der Waals surface area (Å²) >= 11 is 0. The van der Waals surface area contributed by atoms with Gasteiger partial charge in [0.2, 0.25) is 0 Å². The molecule has 3 heteroatoms. The Morgan fingerprint density at radius 3 is 2.24 bits per heavy atom. The fourth-order valence-corrected chi connectivity index (χ4v) is 5.35. The van der Waals surface area contributed by atoms with E-state index in [0.717, 1.165) is 5.82 Å². The number of hydrogen-bond acceptors (Lipinski definition) is 2. The Morgan fingerprint density at radius 2 is 1.60 bits per heavy atom. The highest BCUT2D eigenvalue weighted by atomic mass is 15.3. The standard InChI is InChI=1S/C22H31N3/c1-3-4-8-11-21-12-15-22(16-13-21,17-14-21)20-24-23-19(25(20)2)18-9-6-5-7-10-18/h5-7,9-10H,3-4,8,11-17H2,1-2H3. The van der Waals surface area contributed by atoms with Crippen LogP contribution in [-0.4, -0.2) is 14.8 Å². The molecule has 0 aliphatic heterocycles. The first-order valence-electron chi connectivity index (χ1n) is 10.1. The van der Waals surface area contributed by atoms with Crippen LogP contribution in [0.2, 0.25) is 0 Å². The molecule has 3 fully saturated rings. The second kappa shape index (κ2) is 6.59. The van der Waals surface area contributed by atoms with Gasteiger partial charge >= 0.3 is 0 Å². The average molecular weight is 338 g/mol. The lowest BCUT2D eigenvalue weighted by atomic mass is 9.52. The topological polar surface area (TPSA) is 30.7 Å². The van der Waals surface area contributed by atoms with E-state index in [0.29, 0.717) is 5.41 Å². The maximum Gasteiger partial charge on any atom is 0.163 e. The Hall–Kier alpha value is -1.64. The predicted molar refractivity (Wildman–Crippen MR) is 102 cm³/mol. The molecule has 3 saturated carbocycles. The quantitative estimate of drug-likeness (QED) is 0.637. The smallest absolute Gasteiger partial charge is 0.163 e. The van der Waals surface area contributed by atoms with Crippen molar-refractivity contribution in [1.82, 2.24) is 14.8 Å². The van der Waals surface area contributed by atoms with Gasteiger partial charge in [-0.3, -0.25) is 0 Å². The van der Waals surface area contributed by atoms with Gasteiger partial charge in [0.15, 0.2) is 5.82 Å². The van der Waals surface area contributed by atoms with Gasteiger partial charge in [-0.25, -0.2) is 0 Å². The summed E-state index contributed by atoms with van der Waals surface area (Å²) in [6.07, 6.45) is 13.7. The van der Waals surface area contributed by atoms with Gasteiger partial charge in [0, 0.05) is 18.0 Å². The number of aromatic nitrogens is 3. The van der Waals surface area contributed by atoms with Gasteiger partial charge < -0.3 is 4.57 Å². The van der Waals surface area contributed by atoms with E-state index < -0.39 is 0 Å². The van der Waals surface area contributed by atoms with Crippen molar-refractivity contribution in [3.63, 3.8) is 0 Å². The Labute approximate surface area is 151 Å². The van der Waals surface area contributed by atoms with Crippen LogP contribution >= 0.6 is 0 Å². The number of unbranched alkanes of at least 4 members (excludes halogenated alkanes) is 2. The average Bonchev–Trinajstić information content (AvgIpc) is 3.06. The van der Waals surface area contributed by atoms with Crippen LogP contribution in [0.15, 0.2) is 30.3 Å². The van der Waals surface area contributed by atoms with Crippen LogP contribution < -0.4 is 0 Å². The molecule has 3 aliphatic rings. The Balaban J connectivity index is 1.54. The van der Waals surface area contributed by atoms with E-state index in [-0.39, 0.29) is 5.41 Å². The first-order valence-corrected chi connectivity index (χ1v) is 10.1. The maximum absolute atomic E-state index is 4.69. The van der Waals surface area contributed by atoms with Crippen molar-refractivity contribution in [3.05, 3.63) is 36.2 Å². The van der Waals surface area contributed by atoms with Crippen molar-refractivity contribution >= 4 is 0 Å². The summed E-state index contributed by atoms with van der Waals surface area (Å²) < 4.78 is 2.27. The molecule has 0 radical (unpaired) electrons. The summed E-state index contributed by atoms with van der Waals surface area (Å²) in [5.74, 6) is 2.24. The molecule has 134 valence electrons. The largest absolute Gasteiger partial charge is 0.314 e. The lowest BCUT2D eigenvalue weighted by Gasteiger charge is -2.53. The molecule has 3 aliphatic carbocycles. The SMILES string of the molecule is CCCCCC12CCC(c3nnc(-c4ccccc4)n3C)(CC1)CC2. The fourth-order valence-electron chi connectivity index (χ4n) is 5.35. The molecule has 0 spiro atoms. The third-order valence-electron chi connectivity index (χ3n) is 7.09. The van der Waals surface area contributed by atoms with Crippen LogP contribution in [-0.2, 0) is 12.5 Å². The minimum Gasteiger partial charge on any atom is -0.314 e. The molecular weight excluding hydrogens is 306 g/mol. The van der Waals surface area contributed by atoms with Gasteiger partial charge in [-0.05, 0) is 50.4 Å². The number of nitrogens with zero attached hydrogens (tertiary/aromatic N) is 3. The van der Waals surface area contributed by atoms with Crippen molar-refractivity contribution in [2.24, 2.45) is 12.5 Å². The second-order valence-corrected chi connectivity index (χ2v) is 8.51. The summed E-state index contributed by atoms with van der Waals surface area (Å²) in [6, 6.07) is 10.5. The summed E-state index contributed by atoms with van der Waals surface area (Å²) in [5, 5.41) is 9.26. The fraction of sp³-hybridized carbons (Fsp3) is 0.636. The van der Waals surface area contributed by atoms with Gasteiger partial charge in [-0.15, -0.1) is 10.2 Å². The normalized spacial score (nSPS) is 28.4. The van der Waals surface area contributed by atoms with E-state index in [1.807, 2.05) is 0 Å². The highest BCUT2D eigenvalue weighted by Crippen LogP contribution is 2.59.